The van der Waals surface area contributed by atoms with Gasteiger partial charge in [-0.2, -0.15) is 0 Å². The normalized spacial score (nSPS) is 24.6. The standard InChI is InChI=1S/C14H22N2O/c1-10-3-2-4-13(14(10)15)16-9-11-5-7-12(17)8-6-11/h2-4,11-12,16-17H,5-9,15H2,1H3. The Morgan fingerprint density at radius 3 is 2.71 bits per heavy atom. The molecule has 0 saturated heterocycles. The Hall–Kier alpha value is -1.22. The minimum absolute atomic E-state index is 0.0738. The Morgan fingerprint density at radius 2 is 2.00 bits per heavy atom. The number of aliphatic hydroxyl groups is 1. The lowest BCUT2D eigenvalue weighted by Crippen LogP contribution is -2.23. The van der Waals surface area contributed by atoms with E-state index in [1.54, 1.807) is 0 Å². The van der Waals surface area contributed by atoms with Gasteiger partial charge in [0.15, 0.2) is 0 Å². The Bertz CT molecular complexity index is 370. The summed E-state index contributed by atoms with van der Waals surface area (Å²) in [5.74, 6) is 0.665. The van der Waals surface area contributed by atoms with Crippen LogP contribution in [0.3, 0.4) is 0 Å². The molecule has 3 nitrogen and oxygen atoms in total. The number of nitrogen functional groups attached to an aromatic ring is 1. The van der Waals surface area contributed by atoms with E-state index in [1.165, 1.54) is 0 Å². The third-order valence-electron chi connectivity index (χ3n) is 3.72. The summed E-state index contributed by atoms with van der Waals surface area (Å²) in [5, 5.41) is 12.9. The summed E-state index contributed by atoms with van der Waals surface area (Å²) >= 11 is 0. The summed E-state index contributed by atoms with van der Waals surface area (Å²) < 4.78 is 0. The van der Waals surface area contributed by atoms with Gasteiger partial charge in [-0.1, -0.05) is 12.1 Å². The quantitative estimate of drug-likeness (QED) is 0.704. The number of hydrogen-bond donors (Lipinski definition) is 3. The van der Waals surface area contributed by atoms with Crippen molar-refractivity contribution in [2.75, 3.05) is 17.6 Å². The fourth-order valence-corrected chi connectivity index (χ4v) is 2.44. The zero-order chi connectivity index (χ0) is 12.3. The summed E-state index contributed by atoms with van der Waals surface area (Å²) in [4.78, 5) is 0. The van der Waals surface area contributed by atoms with Gasteiger partial charge in [0.25, 0.3) is 0 Å². The first-order valence-corrected chi connectivity index (χ1v) is 6.44. The molecule has 0 bridgehead atoms. The number of para-hydroxylation sites is 1. The second kappa shape index (κ2) is 5.41. The Kier molecular flexibility index (Phi) is 3.89. The van der Waals surface area contributed by atoms with Crippen molar-refractivity contribution in [2.24, 2.45) is 5.92 Å². The lowest BCUT2D eigenvalue weighted by Gasteiger charge is -2.26. The van der Waals surface area contributed by atoms with E-state index in [4.69, 9.17) is 5.73 Å². The Morgan fingerprint density at radius 1 is 1.29 bits per heavy atom. The highest BCUT2D eigenvalue weighted by atomic mass is 16.3. The number of anilines is 2. The Labute approximate surface area is 103 Å². The molecule has 1 aromatic rings. The van der Waals surface area contributed by atoms with Crippen LogP contribution in [0.1, 0.15) is 31.2 Å². The summed E-state index contributed by atoms with van der Waals surface area (Å²) in [6, 6.07) is 6.08. The predicted molar refractivity (Wildman–Crippen MR) is 72.0 cm³/mol. The van der Waals surface area contributed by atoms with Gasteiger partial charge < -0.3 is 16.2 Å². The topological polar surface area (TPSA) is 58.3 Å². The molecule has 3 heteroatoms. The van der Waals surface area contributed by atoms with Gasteiger partial charge in [-0.15, -0.1) is 0 Å². The van der Waals surface area contributed by atoms with E-state index in [0.29, 0.717) is 5.92 Å². The van der Waals surface area contributed by atoms with Crippen molar-refractivity contribution in [3.05, 3.63) is 23.8 Å². The Balaban J connectivity index is 1.87. The van der Waals surface area contributed by atoms with Gasteiger partial charge in [-0.25, -0.2) is 0 Å². The van der Waals surface area contributed by atoms with Crippen molar-refractivity contribution in [3.63, 3.8) is 0 Å². The molecular weight excluding hydrogens is 212 g/mol. The first-order valence-electron chi connectivity index (χ1n) is 6.44. The number of aliphatic hydroxyl groups excluding tert-OH is 1. The molecule has 0 radical (unpaired) electrons. The van der Waals surface area contributed by atoms with E-state index >= 15 is 0 Å². The summed E-state index contributed by atoms with van der Waals surface area (Å²) in [7, 11) is 0. The highest BCUT2D eigenvalue weighted by Gasteiger charge is 2.19. The summed E-state index contributed by atoms with van der Waals surface area (Å²) in [6.07, 6.45) is 4.03. The molecule has 1 fully saturated rings. The molecule has 0 amide bonds. The summed E-state index contributed by atoms with van der Waals surface area (Å²) in [5.41, 5.74) is 9.03. The van der Waals surface area contributed by atoms with Crippen LogP contribution in [-0.4, -0.2) is 17.8 Å². The van der Waals surface area contributed by atoms with Crippen LogP contribution in [0.5, 0.6) is 0 Å². The van der Waals surface area contributed by atoms with E-state index in [2.05, 4.69) is 5.32 Å². The van der Waals surface area contributed by atoms with Crippen molar-refractivity contribution in [1.29, 1.82) is 0 Å². The van der Waals surface area contributed by atoms with Gasteiger partial charge in [-0.3, -0.25) is 0 Å². The molecule has 0 spiro atoms. The van der Waals surface area contributed by atoms with Gasteiger partial charge in [0.1, 0.15) is 0 Å². The van der Waals surface area contributed by atoms with Gasteiger partial charge >= 0.3 is 0 Å². The van der Waals surface area contributed by atoms with Crippen LogP contribution in [-0.2, 0) is 0 Å². The van der Waals surface area contributed by atoms with Crippen molar-refractivity contribution < 1.29 is 5.11 Å². The lowest BCUT2D eigenvalue weighted by atomic mass is 9.87. The molecule has 0 atom stereocenters. The number of nitrogens with two attached hydrogens (primary N) is 1. The van der Waals surface area contributed by atoms with Crippen LogP contribution in [0.2, 0.25) is 0 Å². The molecule has 0 unspecified atom stereocenters. The molecule has 0 aliphatic heterocycles. The van der Waals surface area contributed by atoms with Crippen LogP contribution >= 0.6 is 0 Å². The SMILES string of the molecule is Cc1cccc(NCC2CCC(O)CC2)c1N. The van der Waals surface area contributed by atoms with Crippen molar-refractivity contribution in [2.45, 2.75) is 38.7 Å². The molecule has 2 rings (SSSR count). The summed E-state index contributed by atoms with van der Waals surface area (Å²) in [6.45, 7) is 2.98. The van der Waals surface area contributed by atoms with Gasteiger partial charge in [0.2, 0.25) is 0 Å². The molecule has 1 aliphatic carbocycles. The zero-order valence-electron chi connectivity index (χ0n) is 10.4. The average molecular weight is 234 g/mol. The van der Waals surface area contributed by atoms with Gasteiger partial charge in [-0.05, 0) is 50.2 Å². The first-order chi connectivity index (χ1) is 8.16. The maximum absolute atomic E-state index is 9.45. The minimum Gasteiger partial charge on any atom is -0.397 e. The second-order valence-corrected chi connectivity index (χ2v) is 5.09. The maximum Gasteiger partial charge on any atom is 0.0579 e. The monoisotopic (exact) mass is 234 g/mol. The lowest BCUT2D eigenvalue weighted by molar-refractivity contribution is 0.111. The van der Waals surface area contributed by atoms with Crippen LogP contribution in [0.25, 0.3) is 0 Å². The molecule has 94 valence electrons. The van der Waals surface area contributed by atoms with Crippen molar-refractivity contribution in [1.82, 2.24) is 0 Å². The number of hydrogen-bond acceptors (Lipinski definition) is 3. The van der Waals surface area contributed by atoms with E-state index in [1.807, 2.05) is 25.1 Å². The van der Waals surface area contributed by atoms with E-state index in [-0.39, 0.29) is 6.10 Å². The maximum atomic E-state index is 9.45. The van der Waals surface area contributed by atoms with Crippen molar-refractivity contribution >= 4 is 11.4 Å². The fourth-order valence-electron chi connectivity index (χ4n) is 2.44. The molecule has 0 heterocycles. The molecule has 0 aromatic heterocycles. The molecule has 17 heavy (non-hydrogen) atoms. The highest BCUT2D eigenvalue weighted by Crippen LogP contribution is 2.26. The molecule has 1 saturated carbocycles. The number of benzene rings is 1. The van der Waals surface area contributed by atoms with Crippen LogP contribution in [0.4, 0.5) is 11.4 Å². The number of rotatable bonds is 3. The van der Waals surface area contributed by atoms with Gasteiger partial charge in [0, 0.05) is 6.54 Å². The largest absolute Gasteiger partial charge is 0.397 e. The zero-order valence-corrected chi connectivity index (χ0v) is 10.4. The number of aryl methyl sites for hydroxylation is 1. The predicted octanol–water partition coefficient (Wildman–Crippen LogP) is 2.54. The minimum atomic E-state index is -0.0738. The van der Waals surface area contributed by atoms with Crippen molar-refractivity contribution in [3.8, 4) is 0 Å². The third kappa shape index (κ3) is 3.13. The smallest absolute Gasteiger partial charge is 0.0579 e. The van der Waals surface area contributed by atoms with Crippen LogP contribution in [0.15, 0.2) is 18.2 Å². The van der Waals surface area contributed by atoms with E-state index in [9.17, 15) is 5.11 Å². The number of nitrogens with one attached hydrogen (secondary N) is 1. The van der Waals surface area contributed by atoms with Crippen LogP contribution in [0, 0.1) is 12.8 Å². The van der Waals surface area contributed by atoms with E-state index in [0.717, 1.165) is 49.2 Å². The molecule has 4 N–H and O–H groups in total. The first kappa shape index (κ1) is 12.2. The molecular formula is C14H22N2O. The van der Waals surface area contributed by atoms with Gasteiger partial charge in [0.05, 0.1) is 17.5 Å². The second-order valence-electron chi connectivity index (χ2n) is 5.09. The highest BCUT2D eigenvalue weighted by molar-refractivity contribution is 5.69. The van der Waals surface area contributed by atoms with Crippen LogP contribution < -0.4 is 11.1 Å². The fraction of sp³-hybridized carbons (Fsp3) is 0.571. The molecule has 1 aromatic carbocycles. The third-order valence-corrected chi connectivity index (χ3v) is 3.72. The average Bonchev–Trinajstić information content (AvgIpc) is 2.33. The molecule has 1 aliphatic rings. The van der Waals surface area contributed by atoms with E-state index < -0.39 is 0 Å².